The predicted molar refractivity (Wildman–Crippen MR) is 128 cm³/mol. The monoisotopic (exact) mass is 410 g/mol. The van der Waals surface area contributed by atoms with Crippen LogP contribution in [0.15, 0.2) is 36.0 Å². The lowest BCUT2D eigenvalue weighted by Gasteiger charge is -2.58. The molecule has 168 valence electrons. The van der Waals surface area contributed by atoms with Crippen molar-refractivity contribution < 1.29 is 5.11 Å². The Balaban J connectivity index is 1.53. The molecule has 0 aromatic heterocycles. The molecule has 1 nitrogen and oxygen atoms in total. The second-order valence-corrected chi connectivity index (χ2v) is 12.0. The molecule has 0 heterocycles. The highest BCUT2D eigenvalue weighted by Gasteiger charge is 2.58. The van der Waals surface area contributed by atoms with Crippen molar-refractivity contribution in [2.75, 3.05) is 0 Å². The Bertz CT molecular complexity index is 716. The van der Waals surface area contributed by atoms with E-state index in [-0.39, 0.29) is 6.10 Å². The van der Waals surface area contributed by atoms with E-state index in [0.717, 1.165) is 42.9 Å². The molecule has 0 aromatic carbocycles. The van der Waals surface area contributed by atoms with Gasteiger partial charge in [-0.1, -0.05) is 63.6 Å². The highest BCUT2D eigenvalue weighted by atomic mass is 16.3. The molecule has 3 fully saturated rings. The van der Waals surface area contributed by atoms with E-state index < -0.39 is 0 Å². The number of aliphatic hydroxyl groups is 1. The third-order valence-corrected chi connectivity index (χ3v) is 10.5. The van der Waals surface area contributed by atoms with Crippen molar-refractivity contribution in [3.8, 4) is 0 Å². The van der Waals surface area contributed by atoms with Gasteiger partial charge >= 0.3 is 0 Å². The molecule has 4 aliphatic rings. The Labute approximate surface area is 186 Å². The maximum Gasteiger partial charge on any atom is 0.0577 e. The van der Waals surface area contributed by atoms with Gasteiger partial charge in [-0.3, -0.25) is 0 Å². The predicted octanol–water partition coefficient (Wildman–Crippen LogP) is 7.72. The number of hydrogen-bond donors (Lipinski definition) is 1. The first-order chi connectivity index (χ1) is 14.2. The van der Waals surface area contributed by atoms with Gasteiger partial charge in [0.2, 0.25) is 0 Å². The molecular weight excluding hydrogens is 364 g/mol. The molecule has 0 amide bonds. The summed E-state index contributed by atoms with van der Waals surface area (Å²) in [5.41, 5.74) is 3.77. The first kappa shape index (κ1) is 22.4. The van der Waals surface area contributed by atoms with Crippen LogP contribution in [0.5, 0.6) is 0 Å². The van der Waals surface area contributed by atoms with Gasteiger partial charge in [-0.25, -0.2) is 0 Å². The molecule has 0 radical (unpaired) electrons. The number of aliphatic hydroxyl groups excluding tert-OH is 1. The van der Waals surface area contributed by atoms with Crippen molar-refractivity contribution in [3.05, 3.63) is 36.0 Å². The Morgan fingerprint density at radius 3 is 2.63 bits per heavy atom. The average molecular weight is 411 g/mol. The summed E-state index contributed by atoms with van der Waals surface area (Å²) in [6.07, 6.45) is 18.7. The third kappa shape index (κ3) is 3.58. The number of allylic oxidation sites excluding steroid dienone is 4. The van der Waals surface area contributed by atoms with Gasteiger partial charge in [0.25, 0.3) is 0 Å². The van der Waals surface area contributed by atoms with Crippen LogP contribution in [0, 0.1) is 46.3 Å². The molecule has 30 heavy (non-hydrogen) atoms. The van der Waals surface area contributed by atoms with Crippen LogP contribution in [-0.2, 0) is 0 Å². The van der Waals surface area contributed by atoms with E-state index in [1.165, 1.54) is 44.1 Å². The first-order valence-corrected chi connectivity index (χ1v) is 12.9. The lowest BCUT2D eigenvalue weighted by atomic mass is 9.47. The van der Waals surface area contributed by atoms with E-state index in [9.17, 15) is 5.11 Å². The van der Waals surface area contributed by atoms with Gasteiger partial charge in [-0.05, 0) is 111 Å². The van der Waals surface area contributed by atoms with Crippen LogP contribution in [0.3, 0.4) is 0 Å². The van der Waals surface area contributed by atoms with Crippen LogP contribution >= 0.6 is 0 Å². The van der Waals surface area contributed by atoms with E-state index in [1.54, 1.807) is 5.57 Å². The molecule has 1 N–H and O–H groups in total. The van der Waals surface area contributed by atoms with Crippen LogP contribution in [-0.4, -0.2) is 11.2 Å². The summed E-state index contributed by atoms with van der Waals surface area (Å²) in [5, 5.41) is 10.2. The molecule has 9 atom stereocenters. The highest BCUT2D eigenvalue weighted by Crippen LogP contribution is 2.67. The highest BCUT2D eigenvalue weighted by molar-refractivity contribution is 5.25. The second-order valence-electron chi connectivity index (χ2n) is 12.0. The largest absolute Gasteiger partial charge is 0.393 e. The molecule has 1 unspecified atom stereocenters. The SMILES string of the molecule is C=C(C)C(/C=C/[C@@H](C)[C@H]1CC[C@H]2[C@@H]3CC=C4C[C@@H](O)CC[C@]4(C)[C@H]3CC[C@]12C)CC. The summed E-state index contributed by atoms with van der Waals surface area (Å²) in [7, 11) is 0. The van der Waals surface area contributed by atoms with Gasteiger partial charge in [0.05, 0.1) is 6.10 Å². The van der Waals surface area contributed by atoms with Crippen molar-refractivity contribution in [1.29, 1.82) is 0 Å². The molecule has 4 rings (SSSR count). The van der Waals surface area contributed by atoms with Gasteiger partial charge in [-0.2, -0.15) is 0 Å². The molecular formula is C29H46O. The fraction of sp³-hybridized carbons (Fsp3) is 0.793. The smallest absolute Gasteiger partial charge is 0.0577 e. The van der Waals surface area contributed by atoms with Crippen LogP contribution in [0.4, 0.5) is 0 Å². The Morgan fingerprint density at radius 1 is 1.17 bits per heavy atom. The number of rotatable bonds is 5. The second kappa shape index (κ2) is 8.27. The Hall–Kier alpha value is -0.820. The average Bonchev–Trinajstić information content (AvgIpc) is 3.06. The summed E-state index contributed by atoms with van der Waals surface area (Å²) in [6, 6.07) is 0. The fourth-order valence-corrected chi connectivity index (χ4v) is 8.64. The zero-order valence-electron chi connectivity index (χ0n) is 20.3. The normalized spacial score (nSPS) is 45.3. The van der Waals surface area contributed by atoms with Crippen LogP contribution in [0.2, 0.25) is 0 Å². The number of hydrogen-bond acceptors (Lipinski definition) is 1. The van der Waals surface area contributed by atoms with E-state index in [4.69, 9.17) is 0 Å². The van der Waals surface area contributed by atoms with Gasteiger partial charge in [0.1, 0.15) is 0 Å². The molecule has 0 aromatic rings. The van der Waals surface area contributed by atoms with Crippen molar-refractivity contribution in [2.24, 2.45) is 46.3 Å². The van der Waals surface area contributed by atoms with E-state index in [1.807, 2.05) is 0 Å². The van der Waals surface area contributed by atoms with E-state index >= 15 is 0 Å². The molecule has 4 aliphatic carbocycles. The lowest BCUT2D eigenvalue weighted by molar-refractivity contribution is -0.0540. The molecule has 1 heteroatoms. The molecule has 0 bridgehead atoms. The standard InChI is InChI=1S/C29H46O/c1-7-21(19(2)3)9-8-20(4)25-12-13-26-24-11-10-22-18-23(30)14-16-28(22,5)27(24)15-17-29(25,26)6/h8-10,20-21,23-27,30H,2,7,11-18H2,1,3-6H3/b9-8+/t20-,21?,23+,24+,25-,26+,27+,28+,29-/m1/s1. The van der Waals surface area contributed by atoms with Crippen molar-refractivity contribution in [3.63, 3.8) is 0 Å². The van der Waals surface area contributed by atoms with E-state index in [2.05, 4.69) is 59.4 Å². The maximum absolute atomic E-state index is 10.2. The quantitative estimate of drug-likeness (QED) is 0.460. The zero-order valence-corrected chi connectivity index (χ0v) is 20.3. The minimum Gasteiger partial charge on any atom is -0.393 e. The van der Waals surface area contributed by atoms with Crippen molar-refractivity contribution >= 4 is 0 Å². The minimum absolute atomic E-state index is 0.0932. The molecule has 0 aliphatic heterocycles. The maximum atomic E-state index is 10.2. The van der Waals surface area contributed by atoms with Gasteiger partial charge in [0, 0.05) is 0 Å². The van der Waals surface area contributed by atoms with Crippen molar-refractivity contribution in [1.82, 2.24) is 0 Å². The summed E-state index contributed by atoms with van der Waals surface area (Å²) < 4.78 is 0. The van der Waals surface area contributed by atoms with Crippen molar-refractivity contribution in [2.45, 2.75) is 98.5 Å². The van der Waals surface area contributed by atoms with Gasteiger partial charge in [0.15, 0.2) is 0 Å². The first-order valence-electron chi connectivity index (χ1n) is 12.9. The molecule has 3 saturated carbocycles. The summed E-state index contributed by atoms with van der Waals surface area (Å²) in [4.78, 5) is 0. The third-order valence-electron chi connectivity index (χ3n) is 10.5. The Morgan fingerprint density at radius 2 is 1.93 bits per heavy atom. The van der Waals surface area contributed by atoms with Crippen LogP contribution in [0.25, 0.3) is 0 Å². The molecule has 0 spiro atoms. The molecule has 0 saturated heterocycles. The number of fused-ring (bicyclic) bond motifs is 5. The topological polar surface area (TPSA) is 20.2 Å². The van der Waals surface area contributed by atoms with Crippen LogP contribution < -0.4 is 0 Å². The Kier molecular flexibility index (Phi) is 6.17. The summed E-state index contributed by atoms with van der Waals surface area (Å²) in [6.45, 7) is 16.3. The fourth-order valence-electron chi connectivity index (χ4n) is 8.64. The minimum atomic E-state index is -0.0932. The summed E-state index contributed by atoms with van der Waals surface area (Å²) in [5.74, 6) is 4.64. The summed E-state index contributed by atoms with van der Waals surface area (Å²) >= 11 is 0. The zero-order chi connectivity index (χ0) is 21.7. The van der Waals surface area contributed by atoms with Gasteiger partial charge < -0.3 is 5.11 Å². The van der Waals surface area contributed by atoms with Crippen LogP contribution in [0.1, 0.15) is 92.4 Å². The van der Waals surface area contributed by atoms with E-state index in [0.29, 0.717) is 22.7 Å². The van der Waals surface area contributed by atoms with Gasteiger partial charge in [-0.15, -0.1) is 0 Å². The lowest BCUT2D eigenvalue weighted by Crippen LogP contribution is -2.50.